The summed E-state index contributed by atoms with van der Waals surface area (Å²) in [7, 11) is 1.79. The molecule has 2 aromatic heterocycles. The number of para-hydroxylation sites is 1. The quantitative estimate of drug-likeness (QED) is 0.727. The van der Waals surface area contributed by atoms with Crippen molar-refractivity contribution in [2.75, 3.05) is 7.05 Å². The van der Waals surface area contributed by atoms with Gasteiger partial charge in [0.15, 0.2) is 0 Å². The summed E-state index contributed by atoms with van der Waals surface area (Å²) < 4.78 is 7.17. The van der Waals surface area contributed by atoms with Crippen molar-refractivity contribution < 1.29 is 9.21 Å². The minimum atomic E-state index is 0.0774. The molecule has 1 amide bonds. The van der Waals surface area contributed by atoms with E-state index in [-0.39, 0.29) is 5.91 Å². The Bertz CT molecular complexity index is 774. The third-order valence-electron chi connectivity index (χ3n) is 3.78. The highest BCUT2D eigenvalue weighted by Crippen LogP contribution is 2.17. The Morgan fingerprint density at radius 1 is 1.27 bits per heavy atom. The maximum Gasteiger partial charge on any atom is 0.224 e. The zero-order chi connectivity index (χ0) is 15.5. The lowest BCUT2D eigenvalue weighted by Gasteiger charge is -2.15. The van der Waals surface area contributed by atoms with Crippen LogP contribution in [0.4, 0.5) is 0 Å². The van der Waals surface area contributed by atoms with Gasteiger partial charge >= 0.3 is 0 Å². The summed E-state index contributed by atoms with van der Waals surface area (Å²) in [4.78, 5) is 13.9. The van der Waals surface area contributed by atoms with Gasteiger partial charge in [-0.05, 0) is 25.1 Å². The fraction of sp³-hybridized carbons (Fsp3) is 0.294. The normalized spacial score (nSPS) is 11.0. The van der Waals surface area contributed by atoms with Crippen molar-refractivity contribution >= 4 is 16.8 Å². The Balaban J connectivity index is 1.65. The van der Waals surface area contributed by atoms with E-state index in [1.165, 1.54) is 0 Å². The molecule has 0 N–H and O–H groups in total. The Morgan fingerprint density at radius 3 is 2.86 bits per heavy atom. The second-order valence-corrected chi connectivity index (χ2v) is 5.40. The van der Waals surface area contributed by atoms with E-state index in [4.69, 9.17) is 4.42 Å². The molecule has 114 valence electrons. The first-order valence-corrected chi connectivity index (χ1v) is 7.33. The van der Waals surface area contributed by atoms with Gasteiger partial charge in [-0.2, -0.15) is 5.10 Å². The number of benzene rings is 1. The molecule has 0 radical (unpaired) electrons. The summed E-state index contributed by atoms with van der Waals surface area (Å²) in [5, 5.41) is 5.66. The second kappa shape index (κ2) is 6.05. The fourth-order valence-electron chi connectivity index (χ4n) is 2.58. The highest BCUT2D eigenvalue weighted by molar-refractivity contribution is 5.82. The Labute approximate surface area is 129 Å². The van der Waals surface area contributed by atoms with E-state index < -0.39 is 0 Å². The van der Waals surface area contributed by atoms with Crippen LogP contribution in [0.2, 0.25) is 0 Å². The van der Waals surface area contributed by atoms with Gasteiger partial charge in [0, 0.05) is 18.9 Å². The number of aromatic nitrogens is 2. The van der Waals surface area contributed by atoms with E-state index >= 15 is 0 Å². The third-order valence-corrected chi connectivity index (χ3v) is 3.78. The van der Waals surface area contributed by atoms with Gasteiger partial charge in [-0.3, -0.25) is 9.48 Å². The number of rotatable bonds is 5. The first-order valence-electron chi connectivity index (χ1n) is 7.33. The van der Waals surface area contributed by atoms with Crippen molar-refractivity contribution in [3.8, 4) is 0 Å². The van der Waals surface area contributed by atoms with Crippen molar-refractivity contribution in [1.29, 1.82) is 0 Å². The maximum atomic E-state index is 12.2. The van der Waals surface area contributed by atoms with E-state index in [0.717, 1.165) is 22.4 Å². The largest absolute Gasteiger partial charge is 0.467 e. The first-order chi connectivity index (χ1) is 10.6. The van der Waals surface area contributed by atoms with Gasteiger partial charge in [0.2, 0.25) is 5.91 Å². The molecule has 0 fully saturated rings. The van der Waals surface area contributed by atoms with Crippen molar-refractivity contribution in [2.24, 2.45) is 0 Å². The standard InChI is InChI=1S/C17H19N3O2/c1-13-15-7-3-4-8-16(15)20(18-13)10-9-17(21)19(2)12-14-6-5-11-22-14/h3-8,11H,9-10,12H2,1-2H3. The van der Waals surface area contributed by atoms with Crippen LogP contribution >= 0.6 is 0 Å². The fourth-order valence-corrected chi connectivity index (χ4v) is 2.58. The number of furan rings is 1. The van der Waals surface area contributed by atoms with Gasteiger partial charge in [-0.25, -0.2) is 0 Å². The van der Waals surface area contributed by atoms with E-state index in [2.05, 4.69) is 11.2 Å². The van der Waals surface area contributed by atoms with Crippen LogP contribution in [0.1, 0.15) is 17.9 Å². The number of carbonyl (C=O) groups excluding carboxylic acids is 1. The third kappa shape index (κ3) is 2.88. The van der Waals surface area contributed by atoms with E-state index in [9.17, 15) is 4.79 Å². The summed E-state index contributed by atoms with van der Waals surface area (Å²) in [5.74, 6) is 0.866. The van der Waals surface area contributed by atoms with Gasteiger partial charge in [0.05, 0.1) is 30.6 Å². The van der Waals surface area contributed by atoms with Gasteiger partial charge in [-0.15, -0.1) is 0 Å². The molecule has 5 heteroatoms. The van der Waals surface area contributed by atoms with Gasteiger partial charge < -0.3 is 9.32 Å². The topological polar surface area (TPSA) is 51.3 Å². The molecule has 3 aromatic rings. The molecule has 3 rings (SSSR count). The van der Waals surface area contributed by atoms with Crippen LogP contribution < -0.4 is 0 Å². The van der Waals surface area contributed by atoms with E-state index in [1.54, 1.807) is 18.2 Å². The highest BCUT2D eigenvalue weighted by Gasteiger charge is 2.12. The van der Waals surface area contributed by atoms with E-state index in [0.29, 0.717) is 19.5 Å². The molecule has 0 atom stereocenters. The van der Waals surface area contributed by atoms with E-state index in [1.807, 2.05) is 41.9 Å². The number of aryl methyl sites for hydroxylation is 2. The predicted octanol–water partition coefficient (Wildman–Crippen LogP) is 2.99. The molecule has 2 heterocycles. The molecule has 0 aliphatic carbocycles. The number of nitrogens with zero attached hydrogens (tertiary/aromatic N) is 3. The first kappa shape index (κ1) is 14.4. The molecule has 0 bridgehead atoms. The number of hydrogen-bond donors (Lipinski definition) is 0. The molecule has 0 saturated carbocycles. The van der Waals surface area contributed by atoms with Crippen LogP contribution in [-0.2, 0) is 17.9 Å². The van der Waals surface area contributed by atoms with Crippen molar-refractivity contribution in [3.05, 3.63) is 54.1 Å². The zero-order valence-corrected chi connectivity index (χ0v) is 12.8. The molecular formula is C17H19N3O2. The Morgan fingerprint density at radius 2 is 2.09 bits per heavy atom. The van der Waals surface area contributed by atoms with Crippen LogP contribution in [-0.4, -0.2) is 27.6 Å². The summed E-state index contributed by atoms with van der Waals surface area (Å²) in [6, 6.07) is 11.8. The molecule has 22 heavy (non-hydrogen) atoms. The summed E-state index contributed by atoms with van der Waals surface area (Å²) in [5.41, 5.74) is 2.06. The lowest BCUT2D eigenvalue weighted by atomic mass is 10.2. The van der Waals surface area contributed by atoms with Crippen LogP contribution in [0.3, 0.4) is 0 Å². The molecule has 0 spiro atoms. The average Bonchev–Trinajstić information content (AvgIpc) is 3.14. The van der Waals surface area contributed by atoms with Crippen LogP contribution in [0.5, 0.6) is 0 Å². The highest BCUT2D eigenvalue weighted by atomic mass is 16.3. The Hall–Kier alpha value is -2.56. The zero-order valence-electron chi connectivity index (χ0n) is 12.8. The van der Waals surface area contributed by atoms with Crippen LogP contribution in [0, 0.1) is 6.92 Å². The van der Waals surface area contributed by atoms with Crippen molar-refractivity contribution in [1.82, 2.24) is 14.7 Å². The Kier molecular flexibility index (Phi) is 3.96. The lowest BCUT2D eigenvalue weighted by molar-refractivity contribution is -0.130. The summed E-state index contributed by atoms with van der Waals surface area (Å²) in [6.07, 6.45) is 2.04. The lowest BCUT2D eigenvalue weighted by Crippen LogP contribution is -2.27. The summed E-state index contributed by atoms with van der Waals surface area (Å²) in [6.45, 7) is 3.06. The van der Waals surface area contributed by atoms with Crippen molar-refractivity contribution in [2.45, 2.75) is 26.4 Å². The molecular weight excluding hydrogens is 278 g/mol. The van der Waals surface area contributed by atoms with Gasteiger partial charge in [0.1, 0.15) is 5.76 Å². The van der Waals surface area contributed by atoms with Crippen LogP contribution in [0.15, 0.2) is 47.1 Å². The minimum Gasteiger partial charge on any atom is -0.467 e. The number of hydrogen-bond acceptors (Lipinski definition) is 3. The monoisotopic (exact) mass is 297 g/mol. The van der Waals surface area contributed by atoms with Gasteiger partial charge in [0.25, 0.3) is 0 Å². The average molecular weight is 297 g/mol. The smallest absolute Gasteiger partial charge is 0.224 e. The predicted molar refractivity (Wildman–Crippen MR) is 84.3 cm³/mol. The molecule has 0 unspecified atom stereocenters. The van der Waals surface area contributed by atoms with Crippen molar-refractivity contribution in [3.63, 3.8) is 0 Å². The molecule has 1 aromatic carbocycles. The minimum absolute atomic E-state index is 0.0774. The van der Waals surface area contributed by atoms with Crippen LogP contribution in [0.25, 0.3) is 10.9 Å². The molecule has 0 aliphatic rings. The second-order valence-electron chi connectivity index (χ2n) is 5.40. The number of fused-ring (bicyclic) bond motifs is 1. The maximum absolute atomic E-state index is 12.2. The molecule has 0 aliphatic heterocycles. The summed E-state index contributed by atoms with van der Waals surface area (Å²) >= 11 is 0. The van der Waals surface area contributed by atoms with Gasteiger partial charge in [-0.1, -0.05) is 18.2 Å². The molecule has 0 saturated heterocycles. The molecule has 5 nitrogen and oxygen atoms in total. The number of carbonyl (C=O) groups is 1. The number of amides is 1. The SMILES string of the molecule is Cc1nn(CCC(=O)N(C)Cc2ccco2)c2ccccc12.